The van der Waals surface area contributed by atoms with Gasteiger partial charge < -0.3 is 5.32 Å². The van der Waals surface area contributed by atoms with Crippen LogP contribution in [0.2, 0.25) is 0 Å². The fraction of sp³-hybridized carbons (Fsp3) is 0.200. The summed E-state index contributed by atoms with van der Waals surface area (Å²) in [6.45, 7) is 4.48. The van der Waals surface area contributed by atoms with Crippen molar-refractivity contribution in [1.82, 2.24) is 0 Å². The second kappa shape index (κ2) is 5.52. The molecule has 0 spiro atoms. The lowest BCUT2D eigenvalue weighted by Gasteiger charge is -2.11. The van der Waals surface area contributed by atoms with E-state index in [0.29, 0.717) is 12.2 Å². The van der Waals surface area contributed by atoms with E-state index in [0.717, 1.165) is 11.1 Å². The van der Waals surface area contributed by atoms with Gasteiger partial charge in [0.2, 0.25) is 0 Å². The Morgan fingerprint density at radius 2 is 1.74 bits per heavy atom. The minimum atomic E-state index is -0.354. The van der Waals surface area contributed by atoms with Crippen LogP contribution in [0, 0.1) is 24.0 Å². The highest BCUT2D eigenvalue weighted by molar-refractivity contribution is 5.66. The van der Waals surface area contributed by atoms with Gasteiger partial charge in [-0.25, -0.2) is 0 Å². The van der Waals surface area contributed by atoms with Gasteiger partial charge in [0.05, 0.1) is 4.92 Å². The van der Waals surface area contributed by atoms with Crippen LogP contribution in [0.4, 0.5) is 11.4 Å². The summed E-state index contributed by atoms with van der Waals surface area (Å²) in [5.74, 6) is 0. The first kappa shape index (κ1) is 13.1. The van der Waals surface area contributed by atoms with E-state index >= 15 is 0 Å². The molecule has 0 fully saturated rings. The van der Waals surface area contributed by atoms with Crippen LogP contribution in [-0.2, 0) is 6.54 Å². The highest BCUT2D eigenvalue weighted by atomic mass is 16.6. The molecule has 4 nitrogen and oxygen atoms in total. The minimum Gasteiger partial charge on any atom is -0.375 e. The third-order valence-electron chi connectivity index (χ3n) is 3.16. The normalized spacial score (nSPS) is 10.2. The van der Waals surface area contributed by atoms with Crippen LogP contribution in [0.5, 0.6) is 0 Å². The predicted molar refractivity (Wildman–Crippen MR) is 76.3 cm³/mol. The number of aryl methyl sites for hydroxylation is 2. The summed E-state index contributed by atoms with van der Waals surface area (Å²) < 4.78 is 0. The average molecular weight is 256 g/mol. The van der Waals surface area contributed by atoms with E-state index in [2.05, 4.69) is 5.32 Å². The summed E-state index contributed by atoms with van der Waals surface area (Å²) >= 11 is 0. The molecule has 0 aliphatic rings. The van der Waals surface area contributed by atoms with Gasteiger partial charge in [0.15, 0.2) is 0 Å². The number of anilines is 1. The molecule has 0 heterocycles. The van der Waals surface area contributed by atoms with Gasteiger partial charge in [-0.1, -0.05) is 36.4 Å². The summed E-state index contributed by atoms with van der Waals surface area (Å²) in [7, 11) is 0. The van der Waals surface area contributed by atoms with Gasteiger partial charge >= 0.3 is 0 Å². The minimum absolute atomic E-state index is 0.119. The summed E-state index contributed by atoms with van der Waals surface area (Å²) in [4.78, 5) is 10.7. The maximum atomic E-state index is 11.0. The number of rotatable bonds is 4. The quantitative estimate of drug-likeness (QED) is 0.668. The van der Waals surface area contributed by atoms with E-state index < -0.39 is 0 Å². The summed E-state index contributed by atoms with van der Waals surface area (Å²) in [6, 6.07) is 13.1. The van der Waals surface area contributed by atoms with Crippen LogP contribution in [-0.4, -0.2) is 4.92 Å². The van der Waals surface area contributed by atoms with Gasteiger partial charge in [-0.3, -0.25) is 10.1 Å². The maximum Gasteiger partial charge on any atom is 0.292 e. The number of para-hydroxylation sites is 1. The largest absolute Gasteiger partial charge is 0.375 e. The maximum absolute atomic E-state index is 11.0. The molecule has 0 saturated heterocycles. The van der Waals surface area contributed by atoms with Crippen molar-refractivity contribution in [3.63, 3.8) is 0 Å². The Kier molecular flexibility index (Phi) is 3.80. The molecular formula is C15H16N2O2. The zero-order chi connectivity index (χ0) is 13.8. The van der Waals surface area contributed by atoms with Crippen LogP contribution >= 0.6 is 0 Å². The first-order chi connectivity index (χ1) is 9.09. The van der Waals surface area contributed by atoms with E-state index in [-0.39, 0.29) is 10.6 Å². The molecule has 0 atom stereocenters. The molecule has 0 aromatic heterocycles. The van der Waals surface area contributed by atoms with Crippen LogP contribution < -0.4 is 5.32 Å². The van der Waals surface area contributed by atoms with Crippen molar-refractivity contribution in [3.8, 4) is 0 Å². The Hall–Kier alpha value is -2.36. The van der Waals surface area contributed by atoms with E-state index in [1.807, 2.05) is 44.2 Å². The molecule has 4 heteroatoms. The number of nitro groups is 1. The smallest absolute Gasteiger partial charge is 0.292 e. The summed E-state index contributed by atoms with van der Waals surface area (Å²) in [6.07, 6.45) is 0. The van der Waals surface area contributed by atoms with Crippen LogP contribution in [0.25, 0.3) is 0 Å². The van der Waals surface area contributed by atoms with Gasteiger partial charge in [-0.15, -0.1) is 0 Å². The molecule has 2 rings (SSSR count). The molecule has 0 amide bonds. The molecule has 19 heavy (non-hydrogen) atoms. The highest BCUT2D eigenvalue weighted by Gasteiger charge is 2.14. The fourth-order valence-electron chi connectivity index (χ4n) is 2.03. The Morgan fingerprint density at radius 1 is 1.05 bits per heavy atom. The first-order valence-electron chi connectivity index (χ1n) is 6.12. The van der Waals surface area contributed by atoms with Crippen molar-refractivity contribution in [3.05, 3.63) is 69.3 Å². The molecule has 0 bridgehead atoms. The number of nitro benzene ring substituents is 1. The lowest BCUT2D eigenvalue weighted by Crippen LogP contribution is -2.05. The van der Waals surface area contributed by atoms with Crippen molar-refractivity contribution >= 4 is 11.4 Å². The predicted octanol–water partition coefficient (Wildman–Crippen LogP) is 3.82. The number of nitrogens with zero attached hydrogens (tertiary/aromatic N) is 1. The highest BCUT2D eigenvalue weighted by Crippen LogP contribution is 2.28. The molecule has 2 aromatic carbocycles. The zero-order valence-corrected chi connectivity index (χ0v) is 11.0. The monoisotopic (exact) mass is 256 g/mol. The molecule has 98 valence electrons. The SMILES string of the molecule is Cc1ccccc1CNc1c(C)cccc1[N+](=O)[O-]. The fourth-order valence-corrected chi connectivity index (χ4v) is 2.03. The van der Waals surface area contributed by atoms with Crippen LogP contribution in [0.3, 0.4) is 0 Å². The van der Waals surface area contributed by atoms with E-state index in [9.17, 15) is 10.1 Å². The number of nitrogens with one attached hydrogen (secondary N) is 1. The molecule has 2 aromatic rings. The lowest BCUT2D eigenvalue weighted by atomic mass is 10.1. The molecular weight excluding hydrogens is 240 g/mol. The summed E-state index contributed by atoms with van der Waals surface area (Å²) in [5, 5.41) is 14.2. The van der Waals surface area contributed by atoms with Crippen LogP contribution in [0.1, 0.15) is 16.7 Å². The van der Waals surface area contributed by atoms with Gasteiger partial charge in [0.25, 0.3) is 5.69 Å². The second-order valence-corrected chi connectivity index (χ2v) is 4.51. The number of hydrogen-bond acceptors (Lipinski definition) is 3. The zero-order valence-electron chi connectivity index (χ0n) is 11.0. The Bertz CT molecular complexity index is 609. The number of benzene rings is 2. The third-order valence-corrected chi connectivity index (χ3v) is 3.16. The van der Waals surface area contributed by atoms with Gasteiger partial charge in [0, 0.05) is 12.6 Å². The van der Waals surface area contributed by atoms with Gasteiger partial charge in [0.1, 0.15) is 5.69 Å². The summed E-state index contributed by atoms with van der Waals surface area (Å²) in [5.41, 5.74) is 3.90. The van der Waals surface area contributed by atoms with Crippen molar-refractivity contribution in [2.45, 2.75) is 20.4 Å². The Morgan fingerprint density at radius 3 is 2.42 bits per heavy atom. The Labute approximate surface area is 112 Å². The molecule has 1 N–H and O–H groups in total. The topological polar surface area (TPSA) is 55.2 Å². The van der Waals surface area contributed by atoms with Gasteiger partial charge in [-0.05, 0) is 30.5 Å². The van der Waals surface area contributed by atoms with Crippen molar-refractivity contribution in [2.24, 2.45) is 0 Å². The van der Waals surface area contributed by atoms with Crippen molar-refractivity contribution < 1.29 is 4.92 Å². The van der Waals surface area contributed by atoms with E-state index in [4.69, 9.17) is 0 Å². The van der Waals surface area contributed by atoms with Gasteiger partial charge in [-0.2, -0.15) is 0 Å². The first-order valence-corrected chi connectivity index (χ1v) is 6.12. The van der Waals surface area contributed by atoms with Crippen molar-refractivity contribution in [2.75, 3.05) is 5.32 Å². The lowest BCUT2D eigenvalue weighted by molar-refractivity contribution is -0.384. The third kappa shape index (κ3) is 2.91. The second-order valence-electron chi connectivity index (χ2n) is 4.51. The van der Waals surface area contributed by atoms with E-state index in [1.54, 1.807) is 6.07 Å². The molecule has 0 aliphatic heterocycles. The number of hydrogen-bond donors (Lipinski definition) is 1. The van der Waals surface area contributed by atoms with E-state index in [1.165, 1.54) is 11.6 Å². The molecule has 0 saturated carbocycles. The average Bonchev–Trinajstić information content (AvgIpc) is 2.38. The molecule has 0 aliphatic carbocycles. The standard InChI is InChI=1S/C15H16N2O2/c1-11-6-3-4-8-13(11)10-16-15-12(2)7-5-9-14(15)17(18)19/h3-9,16H,10H2,1-2H3. The molecule has 0 radical (unpaired) electrons. The van der Waals surface area contributed by atoms with Crippen LogP contribution in [0.15, 0.2) is 42.5 Å². The van der Waals surface area contributed by atoms with Crippen molar-refractivity contribution in [1.29, 1.82) is 0 Å². The Balaban J connectivity index is 2.25. The molecule has 0 unspecified atom stereocenters.